The molecule has 1 aromatic carbocycles. The molecule has 0 aromatic heterocycles. The molecule has 5 nitrogen and oxygen atoms in total. The van der Waals surface area contributed by atoms with E-state index in [9.17, 15) is 22.0 Å². The SMILES string of the molecule is Cc1c(C(=O)NCC(F)F)cc(Cl)cc1S(N)(=O)=O. The lowest BCUT2D eigenvalue weighted by Gasteiger charge is -2.11. The zero-order chi connectivity index (χ0) is 14.8. The Bertz CT molecular complexity index is 605. The van der Waals surface area contributed by atoms with Gasteiger partial charge in [-0.05, 0) is 24.6 Å². The highest BCUT2D eigenvalue weighted by atomic mass is 35.5. The van der Waals surface area contributed by atoms with Crippen LogP contribution in [-0.4, -0.2) is 27.3 Å². The van der Waals surface area contributed by atoms with Gasteiger partial charge in [-0.15, -0.1) is 0 Å². The summed E-state index contributed by atoms with van der Waals surface area (Å²) < 4.78 is 46.6. The first-order valence-corrected chi connectivity index (χ1v) is 6.94. The summed E-state index contributed by atoms with van der Waals surface area (Å²) in [6.07, 6.45) is -2.71. The summed E-state index contributed by atoms with van der Waals surface area (Å²) in [5.74, 6) is -0.842. The average Bonchev–Trinajstić information content (AvgIpc) is 2.27. The molecule has 0 saturated heterocycles. The highest BCUT2D eigenvalue weighted by Crippen LogP contribution is 2.23. The lowest BCUT2D eigenvalue weighted by atomic mass is 10.1. The maximum absolute atomic E-state index is 12.0. The van der Waals surface area contributed by atoms with E-state index in [2.05, 4.69) is 0 Å². The molecular weight excluding hydrogens is 302 g/mol. The topological polar surface area (TPSA) is 89.3 Å². The molecule has 3 N–H and O–H groups in total. The maximum atomic E-state index is 12.0. The molecule has 9 heteroatoms. The quantitative estimate of drug-likeness (QED) is 0.878. The Morgan fingerprint density at radius 1 is 1.47 bits per heavy atom. The number of hydrogen-bond acceptors (Lipinski definition) is 3. The molecule has 1 rings (SSSR count). The molecule has 1 amide bonds. The number of benzene rings is 1. The summed E-state index contributed by atoms with van der Waals surface area (Å²) in [5, 5.41) is 6.91. The van der Waals surface area contributed by atoms with Crippen LogP contribution >= 0.6 is 11.6 Å². The van der Waals surface area contributed by atoms with E-state index >= 15 is 0 Å². The van der Waals surface area contributed by atoms with Crippen molar-refractivity contribution >= 4 is 27.5 Å². The molecule has 0 radical (unpaired) electrons. The van der Waals surface area contributed by atoms with E-state index in [-0.39, 0.29) is 21.0 Å². The van der Waals surface area contributed by atoms with Crippen LogP contribution in [0.4, 0.5) is 8.78 Å². The van der Waals surface area contributed by atoms with Crippen LogP contribution in [0.3, 0.4) is 0 Å². The molecule has 0 atom stereocenters. The maximum Gasteiger partial charge on any atom is 0.255 e. The van der Waals surface area contributed by atoms with Crippen molar-refractivity contribution < 1.29 is 22.0 Å². The van der Waals surface area contributed by atoms with Crippen molar-refractivity contribution in [3.8, 4) is 0 Å². The second kappa shape index (κ2) is 5.81. The van der Waals surface area contributed by atoms with Crippen molar-refractivity contribution in [3.63, 3.8) is 0 Å². The summed E-state index contributed by atoms with van der Waals surface area (Å²) in [5.41, 5.74) is -0.0594. The molecule has 0 aliphatic carbocycles. The highest BCUT2D eigenvalue weighted by Gasteiger charge is 2.20. The van der Waals surface area contributed by atoms with Crippen LogP contribution in [0.5, 0.6) is 0 Å². The van der Waals surface area contributed by atoms with E-state index in [1.54, 1.807) is 0 Å². The monoisotopic (exact) mass is 312 g/mol. The van der Waals surface area contributed by atoms with Crippen molar-refractivity contribution in [3.05, 3.63) is 28.3 Å². The molecule has 0 aliphatic heterocycles. The van der Waals surface area contributed by atoms with Crippen molar-refractivity contribution in [2.45, 2.75) is 18.2 Å². The van der Waals surface area contributed by atoms with E-state index < -0.39 is 28.9 Å². The third kappa shape index (κ3) is 4.12. The van der Waals surface area contributed by atoms with Gasteiger partial charge in [0, 0.05) is 10.6 Å². The minimum absolute atomic E-state index is 0.0307. The van der Waals surface area contributed by atoms with E-state index in [1.165, 1.54) is 13.0 Å². The van der Waals surface area contributed by atoms with Gasteiger partial charge in [0.05, 0.1) is 11.4 Å². The predicted octanol–water partition coefficient (Wildman–Crippen LogP) is 1.29. The van der Waals surface area contributed by atoms with Gasteiger partial charge in [0.25, 0.3) is 12.3 Å². The zero-order valence-corrected chi connectivity index (χ0v) is 11.4. The van der Waals surface area contributed by atoms with Gasteiger partial charge < -0.3 is 5.32 Å². The number of halogens is 3. The fourth-order valence-electron chi connectivity index (χ4n) is 1.45. The number of carbonyl (C=O) groups is 1. The number of nitrogens with one attached hydrogen (secondary N) is 1. The van der Waals surface area contributed by atoms with Crippen LogP contribution in [-0.2, 0) is 10.0 Å². The minimum atomic E-state index is -4.06. The van der Waals surface area contributed by atoms with Gasteiger partial charge >= 0.3 is 0 Å². The van der Waals surface area contributed by atoms with Gasteiger partial charge in [-0.3, -0.25) is 4.79 Å². The number of sulfonamides is 1. The number of primary sulfonamides is 1. The number of nitrogens with two attached hydrogens (primary N) is 1. The first-order chi connectivity index (χ1) is 8.62. The Balaban J connectivity index is 3.22. The second-order valence-corrected chi connectivity index (χ2v) is 5.69. The van der Waals surface area contributed by atoms with Crippen LogP contribution in [0.25, 0.3) is 0 Å². The van der Waals surface area contributed by atoms with Crippen molar-refractivity contribution in [2.24, 2.45) is 5.14 Å². The van der Waals surface area contributed by atoms with Crippen molar-refractivity contribution in [2.75, 3.05) is 6.54 Å². The Hall–Kier alpha value is -1.25. The standard InChI is InChI=1S/C10H11ClF2N2O3S/c1-5-7(10(16)15-4-9(12)13)2-6(11)3-8(5)19(14,17)18/h2-3,9H,4H2,1H3,(H,15,16)(H2,14,17,18). The van der Waals surface area contributed by atoms with Gasteiger partial charge in [0.1, 0.15) is 0 Å². The van der Waals surface area contributed by atoms with Crippen LogP contribution in [0, 0.1) is 6.92 Å². The summed E-state index contributed by atoms with van der Waals surface area (Å²) >= 11 is 5.69. The molecular formula is C10H11ClF2N2O3S. The molecule has 0 unspecified atom stereocenters. The number of alkyl halides is 2. The number of carbonyl (C=O) groups excluding carboxylic acids is 1. The van der Waals surface area contributed by atoms with Gasteiger partial charge in [-0.2, -0.15) is 0 Å². The average molecular weight is 313 g/mol. The second-order valence-electron chi connectivity index (χ2n) is 3.72. The Morgan fingerprint density at radius 3 is 2.53 bits per heavy atom. The number of hydrogen-bond donors (Lipinski definition) is 2. The molecule has 106 valence electrons. The van der Waals surface area contributed by atoms with Crippen LogP contribution < -0.4 is 10.5 Å². The molecule has 0 aliphatic rings. The minimum Gasteiger partial charge on any atom is -0.346 e. The first kappa shape index (κ1) is 15.8. The highest BCUT2D eigenvalue weighted by molar-refractivity contribution is 7.89. The molecule has 0 fully saturated rings. The Labute approximate surface area is 113 Å². The molecule has 0 saturated carbocycles. The number of rotatable bonds is 4. The van der Waals surface area contributed by atoms with Gasteiger partial charge in [-0.1, -0.05) is 11.6 Å². The number of amides is 1. The smallest absolute Gasteiger partial charge is 0.255 e. The van der Waals surface area contributed by atoms with E-state index in [1.807, 2.05) is 5.32 Å². The van der Waals surface area contributed by atoms with E-state index in [0.717, 1.165) is 6.07 Å². The van der Waals surface area contributed by atoms with Gasteiger partial charge in [0.2, 0.25) is 10.0 Å². The molecule has 0 spiro atoms. The molecule has 0 bridgehead atoms. The fourth-order valence-corrected chi connectivity index (χ4v) is 2.56. The van der Waals surface area contributed by atoms with Crippen LogP contribution in [0.2, 0.25) is 5.02 Å². The van der Waals surface area contributed by atoms with Gasteiger partial charge in [0.15, 0.2) is 0 Å². The molecule has 0 heterocycles. The van der Waals surface area contributed by atoms with Gasteiger partial charge in [-0.25, -0.2) is 22.3 Å². The third-order valence-corrected chi connectivity index (χ3v) is 3.55. The Morgan fingerprint density at radius 2 is 2.05 bits per heavy atom. The Kier molecular flexibility index (Phi) is 4.83. The van der Waals surface area contributed by atoms with Crippen molar-refractivity contribution in [1.82, 2.24) is 5.32 Å². The summed E-state index contributed by atoms with van der Waals surface area (Å²) in [6.45, 7) is 0.503. The molecule has 19 heavy (non-hydrogen) atoms. The predicted molar refractivity (Wildman–Crippen MR) is 65.9 cm³/mol. The lowest BCUT2D eigenvalue weighted by molar-refractivity contribution is 0.0891. The lowest BCUT2D eigenvalue weighted by Crippen LogP contribution is -2.29. The third-order valence-electron chi connectivity index (χ3n) is 2.29. The summed E-state index contributed by atoms with van der Waals surface area (Å²) in [4.78, 5) is 11.3. The van der Waals surface area contributed by atoms with E-state index in [4.69, 9.17) is 16.7 Å². The first-order valence-electron chi connectivity index (χ1n) is 5.02. The summed E-state index contributed by atoms with van der Waals surface area (Å²) in [7, 11) is -4.06. The normalized spacial score (nSPS) is 11.7. The van der Waals surface area contributed by atoms with Crippen LogP contribution in [0.1, 0.15) is 15.9 Å². The van der Waals surface area contributed by atoms with Crippen molar-refractivity contribution in [1.29, 1.82) is 0 Å². The largest absolute Gasteiger partial charge is 0.346 e. The van der Waals surface area contributed by atoms with E-state index in [0.29, 0.717) is 0 Å². The fraction of sp³-hybridized carbons (Fsp3) is 0.300. The summed E-state index contributed by atoms with van der Waals surface area (Å²) in [6, 6.07) is 2.28. The van der Waals surface area contributed by atoms with Crippen LogP contribution in [0.15, 0.2) is 17.0 Å². The molecule has 1 aromatic rings. The zero-order valence-electron chi connectivity index (χ0n) is 9.78.